The summed E-state index contributed by atoms with van der Waals surface area (Å²) in [6.07, 6.45) is 6.75. The molecule has 156 valence electrons. The summed E-state index contributed by atoms with van der Waals surface area (Å²) in [6.45, 7) is 7.28. The van der Waals surface area contributed by atoms with E-state index in [2.05, 4.69) is 46.5 Å². The van der Waals surface area contributed by atoms with Gasteiger partial charge in [-0.25, -0.2) is 4.68 Å². The van der Waals surface area contributed by atoms with Gasteiger partial charge >= 0.3 is 0 Å². The molecular formula is C23H34N6. The average molecular weight is 395 g/mol. The molecule has 2 aliphatic rings. The summed E-state index contributed by atoms with van der Waals surface area (Å²) < 4.78 is 2.03. The molecule has 1 aliphatic heterocycles. The molecule has 1 unspecified atom stereocenters. The van der Waals surface area contributed by atoms with E-state index in [1.165, 1.54) is 49.9 Å². The number of nitrogens with one attached hydrogen (secondary N) is 2. The van der Waals surface area contributed by atoms with Crippen molar-refractivity contribution in [2.75, 3.05) is 20.1 Å². The van der Waals surface area contributed by atoms with Crippen molar-refractivity contribution in [3.05, 3.63) is 47.3 Å². The quantitative estimate of drug-likeness (QED) is 0.604. The third-order valence-corrected chi connectivity index (χ3v) is 6.50. The van der Waals surface area contributed by atoms with Crippen LogP contribution >= 0.6 is 0 Å². The summed E-state index contributed by atoms with van der Waals surface area (Å²) in [4.78, 5) is 7.14. The summed E-state index contributed by atoms with van der Waals surface area (Å²) in [6, 6.07) is 11.6. The van der Waals surface area contributed by atoms with Crippen molar-refractivity contribution in [2.45, 2.75) is 64.6 Å². The number of aliphatic imine (C=N–C) groups is 1. The highest BCUT2D eigenvalue weighted by atomic mass is 15.3. The Labute approximate surface area is 174 Å². The van der Waals surface area contributed by atoms with Crippen molar-refractivity contribution >= 4 is 5.96 Å². The number of benzene rings is 1. The maximum absolute atomic E-state index is 4.75. The summed E-state index contributed by atoms with van der Waals surface area (Å²) in [5.41, 5.74) is 4.56. The van der Waals surface area contributed by atoms with Gasteiger partial charge in [0.25, 0.3) is 0 Å². The molecule has 0 radical (unpaired) electrons. The molecular weight excluding hydrogens is 360 g/mol. The van der Waals surface area contributed by atoms with E-state index in [0.717, 1.165) is 36.5 Å². The minimum absolute atomic E-state index is 0.482. The number of para-hydroxylation sites is 1. The Kier molecular flexibility index (Phi) is 6.19. The lowest BCUT2D eigenvalue weighted by atomic mass is 10.2. The van der Waals surface area contributed by atoms with E-state index >= 15 is 0 Å². The van der Waals surface area contributed by atoms with Gasteiger partial charge in [0.1, 0.15) is 0 Å². The Bertz CT molecular complexity index is 835. The molecule has 0 amide bonds. The van der Waals surface area contributed by atoms with Gasteiger partial charge in [-0.2, -0.15) is 5.10 Å². The molecule has 0 bridgehead atoms. The van der Waals surface area contributed by atoms with Gasteiger partial charge in [-0.1, -0.05) is 31.0 Å². The molecule has 6 nitrogen and oxygen atoms in total. The molecule has 29 heavy (non-hydrogen) atoms. The van der Waals surface area contributed by atoms with Crippen LogP contribution in [0.4, 0.5) is 0 Å². The highest BCUT2D eigenvalue weighted by molar-refractivity contribution is 5.80. The van der Waals surface area contributed by atoms with Crippen LogP contribution in [0, 0.1) is 13.8 Å². The second kappa shape index (κ2) is 8.99. The molecule has 1 saturated carbocycles. The predicted molar refractivity (Wildman–Crippen MR) is 119 cm³/mol. The van der Waals surface area contributed by atoms with Crippen LogP contribution in [-0.4, -0.2) is 52.9 Å². The lowest BCUT2D eigenvalue weighted by molar-refractivity contribution is 0.242. The number of aromatic nitrogens is 2. The maximum Gasteiger partial charge on any atom is 0.191 e. The van der Waals surface area contributed by atoms with Crippen LogP contribution in [-0.2, 0) is 6.54 Å². The van der Waals surface area contributed by atoms with Crippen molar-refractivity contribution < 1.29 is 0 Å². The number of nitrogens with zero attached hydrogens (tertiary/aromatic N) is 4. The topological polar surface area (TPSA) is 57.5 Å². The van der Waals surface area contributed by atoms with Crippen molar-refractivity contribution in [1.82, 2.24) is 25.3 Å². The van der Waals surface area contributed by atoms with Gasteiger partial charge in [0, 0.05) is 50.0 Å². The van der Waals surface area contributed by atoms with Crippen LogP contribution in [0.1, 0.15) is 49.1 Å². The Morgan fingerprint density at radius 1 is 1.14 bits per heavy atom. The fraction of sp³-hybridized carbons (Fsp3) is 0.565. The summed E-state index contributed by atoms with van der Waals surface area (Å²) in [5, 5.41) is 11.9. The number of likely N-dealkylation sites (tertiary alicyclic amines) is 1. The normalized spacial score (nSPS) is 21.1. The third kappa shape index (κ3) is 4.47. The summed E-state index contributed by atoms with van der Waals surface area (Å²) >= 11 is 0. The number of rotatable bonds is 5. The highest BCUT2D eigenvalue weighted by Gasteiger charge is 2.30. The molecule has 1 aromatic heterocycles. The third-order valence-electron chi connectivity index (χ3n) is 6.50. The lowest BCUT2D eigenvalue weighted by Gasteiger charge is -2.24. The van der Waals surface area contributed by atoms with Gasteiger partial charge in [0.2, 0.25) is 0 Å². The Hall–Kier alpha value is -2.34. The van der Waals surface area contributed by atoms with E-state index in [-0.39, 0.29) is 0 Å². The second-order valence-corrected chi connectivity index (χ2v) is 8.39. The van der Waals surface area contributed by atoms with Crippen LogP contribution in [0.5, 0.6) is 0 Å². The predicted octanol–water partition coefficient (Wildman–Crippen LogP) is 3.17. The minimum atomic E-state index is 0.482. The van der Waals surface area contributed by atoms with E-state index in [0.29, 0.717) is 6.04 Å². The van der Waals surface area contributed by atoms with Gasteiger partial charge in [-0.15, -0.1) is 0 Å². The van der Waals surface area contributed by atoms with Crippen molar-refractivity contribution in [2.24, 2.45) is 4.99 Å². The zero-order valence-electron chi connectivity index (χ0n) is 18.0. The SMILES string of the molecule is CN=C(NCc1c(C)nn(-c2ccccc2)c1C)NC1CCN(C2CCCC2)C1. The zero-order chi connectivity index (χ0) is 20.2. The molecule has 2 aromatic rings. The fourth-order valence-electron chi connectivity index (χ4n) is 4.82. The van der Waals surface area contributed by atoms with Crippen molar-refractivity contribution in [3.63, 3.8) is 0 Å². The van der Waals surface area contributed by atoms with Crippen LogP contribution in [0.3, 0.4) is 0 Å². The zero-order valence-corrected chi connectivity index (χ0v) is 18.0. The van der Waals surface area contributed by atoms with Gasteiger partial charge in [-0.3, -0.25) is 9.89 Å². The first-order chi connectivity index (χ1) is 14.2. The van der Waals surface area contributed by atoms with E-state index in [4.69, 9.17) is 5.10 Å². The number of aryl methyl sites for hydroxylation is 1. The first-order valence-electron chi connectivity index (χ1n) is 11.0. The molecule has 1 aromatic carbocycles. The van der Waals surface area contributed by atoms with Crippen LogP contribution in [0.15, 0.2) is 35.3 Å². The minimum Gasteiger partial charge on any atom is -0.352 e. The van der Waals surface area contributed by atoms with E-state index in [9.17, 15) is 0 Å². The maximum atomic E-state index is 4.75. The number of hydrogen-bond donors (Lipinski definition) is 2. The molecule has 6 heteroatoms. The summed E-state index contributed by atoms with van der Waals surface area (Å²) in [5.74, 6) is 0.884. The first-order valence-corrected chi connectivity index (χ1v) is 11.0. The highest BCUT2D eigenvalue weighted by Crippen LogP contribution is 2.26. The Morgan fingerprint density at radius 2 is 1.90 bits per heavy atom. The Balaban J connectivity index is 1.35. The molecule has 1 saturated heterocycles. The monoisotopic (exact) mass is 394 g/mol. The first kappa shape index (κ1) is 20.0. The smallest absolute Gasteiger partial charge is 0.191 e. The fourth-order valence-corrected chi connectivity index (χ4v) is 4.82. The molecule has 2 N–H and O–H groups in total. The van der Waals surface area contributed by atoms with E-state index in [1.807, 2.05) is 29.9 Å². The van der Waals surface area contributed by atoms with Crippen LogP contribution in [0.2, 0.25) is 0 Å². The van der Waals surface area contributed by atoms with Gasteiger partial charge in [-0.05, 0) is 45.2 Å². The van der Waals surface area contributed by atoms with Gasteiger partial charge in [0.15, 0.2) is 5.96 Å². The molecule has 2 fully saturated rings. The molecule has 0 spiro atoms. The largest absolute Gasteiger partial charge is 0.352 e. The van der Waals surface area contributed by atoms with E-state index < -0.39 is 0 Å². The second-order valence-electron chi connectivity index (χ2n) is 8.39. The van der Waals surface area contributed by atoms with Crippen molar-refractivity contribution in [3.8, 4) is 5.69 Å². The summed E-state index contributed by atoms with van der Waals surface area (Å²) in [7, 11) is 1.85. The van der Waals surface area contributed by atoms with Crippen LogP contribution in [0.25, 0.3) is 5.69 Å². The molecule has 2 heterocycles. The van der Waals surface area contributed by atoms with Crippen molar-refractivity contribution in [1.29, 1.82) is 0 Å². The molecule has 4 rings (SSSR count). The average Bonchev–Trinajstić information content (AvgIpc) is 3.48. The molecule has 1 aliphatic carbocycles. The number of guanidine groups is 1. The standard InChI is InChI=1S/C23H34N6/c1-17-22(18(2)29(27-17)21-11-5-4-6-12-21)15-25-23(24-3)26-19-13-14-28(16-19)20-9-7-8-10-20/h4-6,11-12,19-20H,7-10,13-16H2,1-3H3,(H2,24,25,26). The number of hydrogen-bond acceptors (Lipinski definition) is 3. The van der Waals surface area contributed by atoms with Gasteiger partial charge in [0.05, 0.1) is 11.4 Å². The lowest BCUT2D eigenvalue weighted by Crippen LogP contribution is -2.45. The van der Waals surface area contributed by atoms with E-state index in [1.54, 1.807) is 0 Å². The molecule has 1 atom stereocenters. The Morgan fingerprint density at radius 3 is 2.62 bits per heavy atom. The van der Waals surface area contributed by atoms with Gasteiger partial charge < -0.3 is 10.6 Å². The van der Waals surface area contributed by atoms with Crippen LogP contribution < -0.4 is 10.6 Å².